The second kappa shape index (κ2) is 7.68. The van der Waals surface area contributed by atoms with Crippen LogP contribution in [0.3, 0.4) is 0 Å². The van der Waals surface area contributed by atoms with Crippen molar-refractivity contribution < 1.29 is 18.4 Å². The minimum Gasteiger partial charge on any atom is -0.409 e. The van der Waals surface area contributed by atoms with E-state index in [2.05, 4.69) is 15.4 Å². The summed E-state index contributed by atoms with van der Waals surface area (Å²) in [6, 6.07) is 0.177. The molecule has 2 atom stereocenters. The van der Waals surface area contributed by atoms with Crippen molar-refractivity contribution in [2.24, 2.45) is 16.8 Å². The molecule has 0 saturated carbocycles. The van der Waals surface area contributed by atoms with Crippen LogP contribution in [-0.4, -0.2) is 54.3 Å². The van der Waals surface area contributed by atoms with Gasteiger partial charge in [0.1, 0.15) is 5.92 Å². The highest BCUT2D eigenvalue weighted by atomic mass is 19.4. The number of nitrogens with zero attached hydrogens (tertiary/aromatic N) is 2. The van der Waals surface area contributed by atoms with Gasteiger partial charge in [0.05, 0.1) is 0 Å². The van der Waals surface area contributed by atoms with Gasteiger partial charge in [0.25, 0.3) is 0 Å². The van der Waals surface area contributed by atoms with E-state index in [1.54, 1.807) is 0 Å². The molecule has 0 radical (unpaired) electrons. The molecule has 0 spiro atoms. The van der Waals surface area contributed by atoms with Gasteiger partial charge in [0, 0.05) is 19.1 Å². The number of alkyl halides is 3. The van der Waals surface area contributed by atoms with E-state index in [9.17, 15) is 13.2 Å². The summed E-state index contributed by atoms with van der Waals surface area (Å²) in [5.74, 6) is -2.77. The van der Waals surface area contributed by atoms with E-state index in [-0.39, 0.29) is 12.6 Å². The second-order valence-electron chi connectivity index (χ2n) is 5.22. The van der Waals surface area contributed by atoms with E-state index < -0.39 is 17.9 Å². The molecule has 1 rings (SSSR count). The quantitative estimate of drug-likeness (QED) is 0.300. The predicted molar refractivity (Wildman–Crippen MR) is 70.7 cm³/mol. The molecular weight excluding hydrogens is 273 g/mol. The molecule has 5 nitrogen and oxygen atoms in total. The molecule has 0 aromatic carbocycles. The van der Waals surface area contributed by atoms with Crippen LogP contribution >= 0.6 is 0 Å². The van der Waals surface area contributed by atoms with Gasteiger partial charge in [-0.25, -0.2) is 0 Å². The highest BCUT2D eigenvalue weighted by molar-refractivity contribution is 5.83. The van der Waals surface area contributed by atoms with Crippen LogP contribution in [-0.2, 0) is 0 Å². The number of oxime groups is 1. The fraction of sp³-hybridized carbons (Fsp3) is 0.917. The minimum atomic E-state index is -4.52. The maximum atomic E-state index is 12.7. The normalized spacial score (nSPS) is 21.7. The minimum absolute atomic E-state index is 0.177. The Labute approximate surface area is 117 Å². The van der Waals surface area contributed by atoms with Crippen molar-refractivity contribution in [1.82, 2.24) is 10.2 Å². The first kappa shape index (κ1) is 17.0. The Bertz CT molecular complexity index is 316. The van der Waals surface area contributed by atoms with Crippen molar-refractivity contribution in [3.05, 3.63) is 0 Å². The van der Waals surface area contributed by atoms with Gasteiger partial charge in [0.2, 0.25) is 0 Å². The average molecular weight is 296 g/mol. The largest absolute Gasteiger partial charge is 0.409 e. The fourth-order valence-electron chi connectivity index (χ4n) is 2.38. The van der Waals surface area contributed by atoms with Gasteiger partial charge >= 0.3 is 6.18 Å². The number of piperidine rings is 1. The van der Waals surface area contributed by atoms with Crippen LogP contribution in [0.15, 0.2) is 5.16 Å². The van der Waals surface area contributed by atoms with E-state index in [1.807, 2.05) is 6.92 Å². The van der Waals surface area contributed by atoms with Crippen LogP contribution in [0, 0.1) is 5.92 Å². The molecule has 0 aromatic heterocycles. The molecule has 2 unspecified atom stereocenters. The molecule has 1 heterocycles. The van der Waals surface area contributed by atoms with Crippen molar-refractivity contribution in [3.8, 4) is 0 Å². The number of nitrogens with two attached hydrogens (primary N) is 1. The Kier molecular flexibility index (Phi) is 6.54. The topological polar surface area (TPSA) is 73.9 Å². The first-order chi connectivity index (χ1) is 9.36. The number of nitrogens with one attached hydrogen (secondary N) is 1. The first-order valence-electron chi connectivity index (χ1n) is 6.85. The average Bonchev–Trinajstić information content (AvgIpc) is 2.42. The maximum absolute atomic E-state index is 12.7. The van der Waals surface area contributed by atoms with E-state index in [4.69, 9.17) is 10.9 Å². The van der Waals surface area contributed by atoms with E-state index in [0.717, 1.165) is 25.9 Å². The molecule has 118 valence electrons. The van der Waals surface area contributed by atoms with Gasteiger partial charge in [-0.05, 0) is 32.9 Å². The summed E-state index contributed by atoms with van der Waals surface area (Å²) in [5, 5.41) is 13.6. The van der Waals surface area contributed by atoms with Gasteiger partial charge in [0.15, 0.2) is 5.84 Å². The number of hydrogen-bond donors (Lipinski definition) is 3. The van der Waals surface area contributed by atoms with Gasteiger partial charge in [-0.1, -0.05) is 11.6 Å². The molecule has 0 amide bonds. The summed E-state index contributed by atoms with van der Waals surface area (Å²) >= 11 is 0. The summed E-state index contributed by atoms with van der Waals surface area (Å²) in [6.45, 7) is 4.05. The van der Waals surface area contributed by atoms with Crippen LogP contribution in [0.5, 0.6) is 0 Å². The third-order valence-corrected chi connectivity index (χ3v) is 3.67. The lowest BCUT2D eigenvalue weighted by Crippen LogP contribution is -2.47. The summed E-state index contributed by atoms with van der Waals surface area (Å²) in [5.41, 5.74) is 5.09. The van der Waals surface area contributed by atoms with Crippen molar-refractivity contribution >= 4 is 5.84 Å². The standard InChI is InChI=1S/C12H23F3N4O/c1-9(19-5-3-2-4-6-19)7-17-8-10(11(16)18-20)12(13,14)15/h9-10,17,20H,2-8H2,1H3,(H2,16,18). The molecule has 1 fully saturated rings. The predicted octanol–water partition coefficient (Wildman–Crippen LogP) is 1.38. The van der Waals surface area contributed by atoms with Crippen LogP contribution in [0.2, 0.25) is 0 Å². The molecule has 0 bridgehead atoms. The number of hydrogen-bond acceptors (Lipinski definition) is 4. The molecule has 0 aromatic rings. The van der Waals surface area contributed by atoms with Crippen LogP contribution in [0.1, 0.15) is 26.2 Å². The summed E-state index contributed by atoms with van der Waals surface area (Å²) < 4.78 is 38.1. The number of rotatable bonds is 6. The lowest BCUT2D eigenvalue weighted by molar-refractivity contribution is -0.155. The molecule has 1 aliphatic rings. The van der Waals surface area contributed by atoms with Crippen molar-refractivity contribution in [2.75, 3.05) is 26.2 Å². The zero-order chi connectivity index (χ0) is 15.2. The zero-order valence-corrected chi connectivity index (χ0v) is 11.7. The lowest BCUT2D eigenvalue weighted by Gasteiger charge is -2.32. The van der Waals surface area contributed by atoms with Crippen LogP contribution in [0.25, 0.3) is 0 Å². The second-order valence-corrected chi connectivity index (χ2v) is 5.22. The third kappa shape index (κ3) is 5.16. The first-order valence-corrected chi connectivity index (χ1v) is 6.85. The number of amidine groups is 1. The monoisotopic (exact) mass is 296 g/mol. The third-order valence-electron chi connectivity index (χ3n) is 3.67. The fourth-order valence-corrected chi connectivity index (χ4v) is 2.38. The van der Waals surface area contributed by atoms with Crippen LogP contribution < -0.4 is 11.1 Å². The van der Waals surface area contributed by atoms with Crippen molar-refractivity contribution in [1.29, 1.82) is 0 Å². The Balaban J connectivity index is 2.40. The summed E-state index contributed by atoms with van der Waals surface area (Å²) in [6.07, 6.45) is -1.02. The SMILES string of the molecule is CC(CNCC(C(N)=NO)C(F)(F)F)N1CCCCC1. The molecule has 20 heavy (non-hydrogen) atoms. The molecule has 8 heteroatoms. The molecule has 1 saturated heterocycles. The van der Waals surface area contributed by atoms with Gasteiger partial charge in [-0.2, -0.15) is 13.2 Å². The summed E-state index contributed by atoms with van der Waals surface area (Å²) in [4.78, 5) is 2.27. The van der Waals surface area contributed by atoms with E-state index in [1.165, 1.54) is 6.42 Å². The van der Waals surface area contributed by atoms with Crippen molar-refractivity contribution in [3.63, 3.8) is 0 Å². The van der Waals surface area contributed by atoms with E-state index >= 15 is 0 Å². The van der Waals surface area contributed by atoms with Gasteiger partial charge in [-0.3, -0.25) is 4.90 Å². The smallest absolute Gasteiger partial charge is 0.400 e. The van der Waals surface area contributed by atoms with Crippen LogP contribution in [0.4, 0.5) is 13.2 Å². The van der Waals surface area contributed by atoms with Gasteiger partial charge < -0.3 is 16.3 Å². The molecule has 0 aliphatic carbocycles. The van der Waals surface area contributed by atoms with E-state index in [0.29, 0.717) is 6.54 Å². The Morgan fingerprint density at radius 1 is 1.30 bits per heavy atom. The number of likely N-dealkylation sites (tertiary alicyclic amines) is 1. The Morgan fingerprint density at radius 3 is 2.40 bits per heavy atom. The van der Waals surface area contributed by atoms with Gasteiger partial charge in [-0.15, -0.1) is 0 Å². The highest BCUT2D eigenvalue weighted by Gasteiger charge is 2.42. The molecular formula is C12H23F3N4O. The number of halogens is 3. The van der Waals surface area contributed by atoms with Crippen molar-refractivity contribution in [2.45, 2.75) is 38.4 Å². The summed E-state index contributed by atoms with van der Waals surface area (Å²) in [7, 11) is 0. The molecule has 4 N–H and O–H groups in total. The lowest BCUT2D eigenvalue weighted by atomic mass is 10.1. The zero-order valence-electron chi connectivity index (χ0n) is 11.7. The Hall–Kier alpha value is -1.02. The highest BCUT2D eigenvalue weighted by Crippen LogP contribution is 2.25. The maximum Gasteiger partial charge on any atom is 0.400 e. The Morgan fingerprint density at radius 2 is 1.90 bits per heavy atom. The molecule has 1 aliphatic heterocycles.